The van der Waals surface area contributed by atoms with E-state index in [4.69, 9.17) is 0 Å². The van der Waals surface area contributed by atoms with E-state index in [-0.39, 0.29) is 0 Å². The Balaban J connectivity index is 1.67. The highest BCUT2D eigenvalue weighted by atomic mass is 32.2. The molecule has 1 amide bonds. The average Bonchev–Trinajstić information content (AvgIpc) is 3.14. The summed E-state index contributed by atoms with van der Waals surface area (Å²) in [5, 5.41) is 11.1. The molecular weight excluding hydrogens is 428 g/mol. The minimum atomic E-state index is -3.65. The van der Waals surface area contributed by atoms with Gasteiger partial charge in [0.2, 0.25) is 21.1 Å². The summed E-state index contributed by atoms with van der Waals surface area (Å²) in [6, 6.07) is 17.5. The van der Waals surface area contributed by atoms with Crippen LogP contribution in [0.15, 0.2) is 65.0 Å². The van der Waals surface area contributed by atoms with Gasteiger partial charge in [0, 0.05) is 5.75 Å². The molecule has 0 aliphatic heterocycles. The number of para-hydroxylation sites is 1. The van der Waals surface area contributed by atoms with Crippen LogP contribution in [0, 0.1) is 0 Å². The lowest BCUT2D eigenvalue weighted by Gasteiger charge is -2.27. The molecule has 0 aliphatic rings. The second kappa shape index (κ2) is 9.38. The van der Waals surface area contributed by atoms with Crippen LogP contribution in [0.4, 0.5) is 10.8 Å². The summed E-state index contributed by atoms with van der Waals surface area (Å²) >= 11 is 2.78. The number of nitrogens with zero attached hydrogens (tertiary/aromatic N) is 3. The first-order chi connectivity index (χ1) is 13.8. The van der Waals surface area contributed by atoms with Gasteiger partial charge >= 0.3 is 0 Å². The van der Waals surface area contributed by atoms with Gasteiger partial charge in [-0.1, -0.05) is 71.6 Å². The Labute approximate surface area is 178 Å². The lowest BCUT2D eigenvalue weighted by atomic mass is 10.2. The van der Waals surface area contributed by atoms with Gasteiger partial charge in [-0.05, 0) is 24.6 Å². The van der Waals surface area contributed by atoms with Crippen LogP contribution in [0.2, 0.25) is 0 Å². The topological polar surface area (TPSA) is 92.3 Å². The first kappa shape index (κ1) is 21.3. The Morgan fingerprint density at radius 2 is 1.72 bits per heavy atom. The third kappa shape index (κ3) is 5.78. The van der Waals surface area contributed by atoms with Gasteiger partial charge in [-0.3, -0.25) is 14.4 Å². The van der Waals surface area contributed by atoms with Crippen molar-refractivity contribution in [2.45, 2.75) is 23.1 Å². The molecule has 1 N–H and O–H groups in total. The third-order valence-electron chi connectivity index (χ3n) is 3.94. The van der Waals surface area contributed by atoms with E-state index in [9.17, 15) is 13.2 Å². The number of carbonyl (C=O) groups is 1. The second-order valence-corrected chi connectivity index (χ2v) is 10.3. The van der Waals surface area contributed by atoms with Crippen molar-refractivity contribution in [2.75, 3.05) is 15.9 Å². The number of thioether (sulfide) groups is 1. The number of aromatic nitrogens is 2. The van der Waals surface area contributed by atoms with E-state index in [1.165, 1.54) is 35.6 Å². The summed E-state index contributed by atoms with van der Waals surface area (Å²) in [5.74, 6) is 0.269. The van der Waals surface area contributed by atoms with Crippen LogP contribution in [0.1, 0.15) is 12.5 Å². The molecule has 1 atom stereocenters. The molecule has 1 heterocycles. The summed E-state index contributed by atoms with van der Waals surface area (Å²) in [4.78, 5) is 12.7. The second-order valence-electron chi connectivity index (χ2n) is 6.21. The Morgan fingerprint density at radius 3 is 2.34 bits per heavy atom. The van der Waals surface area contributed by atoms with Crippen molar-refractivity contribution in [3.63, 3.8) is 0 Å². The Hall–Kier alpha value is -2.43. The van der Waals surface area contributed by atoms with Gasteiger partial charge in [-0.25, -0.2) is 8.42 Å². The minimum absolute atomic E-state index is 0.332. The van der Waals surface area contributed by atoms with Crippen molar-refractivity contribution in [1.29, 1.82) is 0 Å². The summed E-state index contributed by atoms with van der Waals surface area (Å²) in [5.41, 5.74) is 1.59. The molecule has 29 heavy (non-hydrogen) atoms. The van der Waals surface area contributed by atoms with Crippen LogP contribution >= 0.6 is 23.1 Å². The third-order valence-corrected chi connectivity index (χ3v) is 7.23. The zero-order valence-corrected chi connectivity index (χ0v) is 18.3. The molecular formula is C19H20N4O3S3. The van der Waals surface area contributed by atoms with Gasteiger partial charge < -0.3 is 0 Å². The van der Waals surface area contributed by atoms with E-state index in [1.54, 1.807) is 30.3 Å². The van der Waals surface area contributed by atoms with E-state index in [0.717, 1.165) is 20.7 Å². The van der Waals surface area contributed by atoms with E-state index >= 15 is 0 Å². The monoisotopic (exact) mass is 448 g/mol. The molecule has 0 radical (unpaired) electrons. The van der Waals surface area contributed by atoms with Gasteiger partial charge in [0.05, 0.1) is 11.9 Å². The highest BCUT2D eigenvalue weighted by Crippen LogP contribution is 2.29. The zero-order valence-electron chi connectivity index (χ0n) is 15.8. The van der Waals surface area contributed by atoms with Gasteiger partial charge in [-0.2, -0.15) is 0 Å². The average molecular weight is 449 g/mol. The number of hydrogen-bond donors (Lipinski definition) is 1. The van der Waals surface area contributed by atoms with Crippen LogP contribution in [0.25, 0.3) is 0 Å². The molecule has 0 aliphatic carbocycles. The molecule has 1 unspecified atom stereocenters. The Kier molecular flexibility index (Phi) is 6.88. The van der Waals surface area contributed by atoms with Crippen molar-refractivity contribution in [3.05, 3.63) is 66.2 Å². The molecule has 2 aromatic carbocycles. The predicted octanol–water partition coefficient (Wildman–Crippen LogP) is 3.62. The highest BCUT2D eigenvalue weighted by Gasteiger charge is 2.29. The number of anilines is 2. The van der Waals surface area contributed by atoms with Gasteiger partial charge in [0.25, 0.3) is 0 Å². The normalized spacial score (nSPS) is 12.3. The van der Waals surface area contributed by atoms with Crippen molar-refractivity contribution in [1.82, 2.24) is 10.2 Å². The van der Waals surface area contributed by atoms with Crippen molar-refractivity contribution in [3.8, 4) is 0 Å². The molecule has 0 spiro atoms. The first-order valence-corrected chi connectivity index (χ1v) is 12.3. The zero-order chi connectivity index (χ0) is 20.9. The standard InChI is InChI=1S/C19H20N4O3S3/c1-14(23(29(2,25)26)16-11-7-4-8-12-16)17(24)20-18-21-22-19(28-18)27-13-15-9-5-3-6-10-15/h3-12,14H,13H2,1-2H3,(H,20,21,24). The minimum Gasteiger partial charge on any atom is -0.299 e. The molecule has 3 aromatic rings. The maximum Gasteiger partial charge on any atom is 0.249 e. The largest absolute Gasteiger partial charge is 0.299 e. The highest BCUT2D eigenvalue weighted by molar-refractivity contribution is 8.00. The molecule has 0 fully saturated rings. The number of amides is 1. The lowest BCUT2D eigenvalue weighted by molar-refractivity contribution is -0.116. The number of nitrogens with one attached hydrogen (secondary N) is 1. The van der Waals surface area contributed by atoms with Gasteiger partial charge in [0.15, 0.2) is 4.34 Å². The van der Waals surface area contributed by atoms with Crippen molar-refractivity contribution >= 4 is 49.8 Å². The maximum absolute atomic E-state index is 12.7. The lowest BCUT2D eigenvalue weighted by Crippen LogP contribution is -2.45. The van der Waals surface area contributed by atoms with E-state index < -0.39 is 22.0 Å². The molecule has 1 aromatic heterocycles. The van der Waals surface area contributed by atoms with Crippen LogP contribution in [-0.2, 0) is 20.6 Å². The molecule has 0 saturated heterocycles. The fraction of sp³-hybridized carbons (Fsp3) is 0.211. The summed E-state index contributed by atoms with van der Waals surface area (Å²) in [6.07, 6.45) is 1.08. The summed E-state index contributed by atoms with van der Waals surface area (Å²) < 4.78 is 26.4. The van der Waals surface area contributed by atoms with E-state index in [1.807, 2.05) is 30.3 Å². The fourth-order valence-electron chi connectivity index (χ4n) is 2.63. The van der Waals surface area contributed by atoms with Gasteiger partial charge in [0.1, 0.15) is 6.04 Å². The van der Waals surface area contributed by atoms with E-state index in [0.29, 0.717) is 10.8 Å². The van der Waals surface area contributed by atoms with Crippen LogP contribution in [0.5, 0.6) is 0 Å². The molecule has 3 rings (SSSR count). The quantitative estimate of drug-likeness (QED) is 0.418. The first-order valence-electron chi connectivity index (χ1n) is 8.70. The Morgan fingerprint density at radius 1 is 1.10 bits per heavy atom. The summed E-state index contributed by atoms with van der Waals surface area (Å²) in [7, 11) is -3.65. The molecule has 0 saturated carbocycles. The molecule has 10 heteroatoms. The number of rotatable bonds is 8. The van der Waals surface area contributed by atoms with Crippen LogP contribution in [0.3, 0.4) is 0 Å². The van der Waals surface area contributed by atoms with Gasteiger partial charge in [-0.15, -0.1) is 10.2 Å². The predicted molar refractivity (Wildman–Crippen MR) is 118 cm³/mol. The number of sulfonamides is 1. The number of hydrogen-bond acceptors (Lipinski definition) is 7. The molecule has 7 nitrogen and oxygen atoms in total. The maximum atomic E-state index is 12.7. The Bertz CT molecular complexity index is 1060. The number of benzene rings is 2. The SMILES string of the molecule is CC(C(=O)Nc1nnc(SCc2ccccc2)s1)N(c1ccccc1)S(C)(=O)=O. The smallest absolute Gasteiger partial charge is 0.249 e. The molecule has 0 bridgehead atoms. The molecule has 152 valence electrons. The van der Waals surface area contributed by atoms with Crippen molar-refractivity contribution in [2.24, 2.45) is 0 Å². The number of carbonyl (C=O) groups excluding carboxylic acids is 1. The van der Waals surface area contributed by atoms with E-state index in [2.05, 4.69) is 15.5 Å². The van der Waals surface area contributed by atoms with Crippen LogP contribution in [-0.4, -0.2) is 36.8 Å². The van der Waals surface area contributed by atoms with Crippen molar-refractivity contribution < 1.29 is 13.2 Å². The fourth-order valence-corrected chi connectivity index (χ4v) is 5.52. The van der Waals surface area contributed by atoms with Crippen LogP contribution < -0.4 is 9.62 Å². The summed E-state index contributed by atoms with van der Waals surface area (Å²) in [6.45, 7) is 1.54.